The molecule has 1 amide bonds. The van der Waals surface area contributed by atoms with Crippen molar-refractivity contribution in [1.82, 2.24) is 19.0 Å². The van der Waals surface area contributed by atoms with Crippen LogP contribution in [0.1, 0.15) is 36.0 Å². The van der Waals surface area contributed by atoms with E-state index in [9.17, 15) is 13.2 Å². The second kappa shape index (κ2) is 10.4. The maximum Gasteiger partial charge on any atom is 0.264 e. The highest BCUT2D eigenvalue weighted by Crippen LogP contribution is 2.41. The molecule has 3 aliphatic rings. The molecule has 2 aromatic heterocycles. The van der Waals surface area contributed by atoms with Crippen molar-refractivity contribution < 1.29 is 13.2 Å². The van der Waals surface area contributed by atoms with Crippen LogP contribution in [0.15, 0.2) is 71.6 Å². The Kier molecular flexibility index (Phi) is 6.51. The van der Waals surface area contributed by atoms with Crippen LogP contribution in [0, 0.1) is 5.92 Å². The number of fused-ring (bicyclic) bond motifs is 1. The van der Waals surface area contributed by atoms with Gasteiger partial charge in [0.2, 0.25) is 0 Å². The summed E-state index contributed by atoms with van der Waals surface area (Å²) in [5, 5.41) is 1.60. The van der Waals surface area contributed by atoms with Gasteiger partial charge in [0, 0.05) is 53.7 Å². The average molecular weight is 629 g/mol. The second-order valence-corrected chi connectivity index (χ2v) is 14.6. The van der Waals surface area contributed by atoms with Crippen molar-refractivity contribution in [2.45, 2.75) is 49.7 Å². The number of piperidine rings is 1. The van der Waals surface area contributed by atoms with Gasteiger partial charge in [-0.15, -0.1) is 0 Å². The molecule has 4 heterocycles. The van der Waals surface area contributed by atoms with Crippen LogP contribution in [0.25, 0.3) is 33.5 Å². The van der Waals surface area contributed by atoms with Crippen LogP contribution >= 0.6 is 11.6 Å². The number of aromatic nitrogens is 3. The van der Waals surface area contributed by atoms with E-state index < -0.39 is 10.0 Å². The minimum Gasteiger partial charge on any atom is -0.338 e. The molecule has 0 radical (unpaired) electrons. The number of imidazole rings is 1. The number of nitrogens with zero attached hydrogens (tertiary/aromatic N) is 5. The van der Waals surface area contributed by atoms with Crippen LogP contribution in [-0.4, -0.2) is 59.0 Å². The van der Waals surface area contributed by atoms with Gasteiger partial charge in [0.25, 0.3) is 15.9 Å². The van der Waals surface area contributed by atoms with Crippen LogP contribution in [-0.2, 0) is 23.1 Å². The number of hydrogen-bond donors (Lipinski definition) is 1. The van der Waals surface area contributed by atoms with E-state index in [0.29, 0.717) is 52.9 Å². The predicted octanol–water partition coefficient (Wildman–Crippen LogP) is 5.49. The first-order valence-corrected chi connectivity index (χ1v) is 17.1. The Morgan fingerprint density at radius 1 is 0.977 bits per heavy atom. The quantitative estimate of drug-likeness (QED) is 0.268. The number of nitrogens with two attached hydrogens (primary N) is 1. The van der Waals surface area contributed by atoms with Gasteiger partial charge in [0.05, 0.1) is 33.9 Å². The maximum atomic E-state index is 14.1. The maximum absolute atomic E-state index is 14.1. The molecule has 1 aliphatic carbocycles. The topological polar surface area (TPSA) is 106 Å². The van der Waals surface area contributed by atoms with Crippen molar-refractivity contribution in [3.05, 3.63) is 77.3 Å². The molecule has 44 heavy (non-hydrogen) atoms. The Bertz CT molecular complexity index is 2050. The molecule has 2 aliphatic heterocycles. The first kappa shape index (κ1) is 27.7. The van der Waals surface area contributed by atoms with Crippen LogP contribution in [0.5, 0.6) is 0 Å². The summed E-state index contributed by atoms with van der Waals surface area (Å²) in [5.41, 5.74) is 10.6. The largest absolute Gasteiger partial charge is 0.338 e. The molecule has 1 saturated carbocycles. The van der Waals surface area contributed by atoms with E-state index in [1.165, 1.54) is 29.3 Å². The summed E-state index contributed by atoms with van der Waals surface area (Å²) in [4.78, 5) is 20.9. The average Bonchev–Trinajstić information content (AvgIpc) is 3.67. The van der Waals surface area contributed by atoms with Gasteiger partial charge in [-0.25, -0.2) is 13.4 Å². The molecular weight excluding hydrogens is 596 g/mol. The minimum atomic E-state index is -3.95. The monoisotopic (exact) mass is 628 g/mol. The number of carbonyl (C=O) groups is 1. The smallest absolute Gasteiger partial charge is 0.264 e. The number of carbonyl (C=O) groups excluding carboxylic acids is 1. The van der Waals surface area contributed by atoms with Crippen LogP contribution in [0.2, 0.25) is 5.02 Å². The zero-order chi connectivity index (χ0) is 30.2. The molecule has 1 saturated heterocycles. The molecule has 2 N–H and O–H groups in total. The number of halogens is 1. The second-order valence-electron chi connectivity index (χ2n) is 12.3. The van der Waals surface area contributed by atoms with Crippen molar-refractivity contribution in [2.75, 3.05) is 23.9 Å². The third-order valence-electron chi connectivity index (χ3n) is 9.19. The lowest BCUT2D eigenvalue weighted by Crippen LogP contribution is -2.45. The van der Waals surface area contributed by atoms with Gasteiger partial charge >= 0.3 is 0 Å². The molecule has 5 aromatic rings. The molecule has 0 bridgehead atoms. The number of anilines is 1. The highest BCUT2D eigenvalue weighted by atomic mass is 35.5. The number of rotatable bonds is 6. The molecule has 8 rings (SSSR count). The predicted molar refractivity (Wildman–Crippen MR) is 172 cm³/mol. The van der Waals surface area contributed by atoms with Crippen molar-refractivity contribution in [1.29, 1.82) is 0 Å². The lowest BCUT2D eigenvalue weighted by molar-refractivity contribution is 0.0709. The minimum absolute atomic E-state index is 0.0734. The van der Waals surface area contributed by atoms with Gasteiger partial charge in [-0.3, -0.25) is 9.10 Å². The highest BCUT2D eigenvalue weighted by molar-refractivity contribution is 7.92. The van der Waals surface area contributed by atoms with Gasteiger partial charge in [-0.1, -0.05) is 29.8 Å². The Morgan fingerprint density at radius 3 is 2.55 bits per heavy atom. The summed E-state index contributed by atoms with van der Waals surface area (Å²) in [7, 11) is -3.95. The molecule has 226 valence electrons. The zero-order valence-electron chi connectivity index (χ0n) is 24.2. The van der Waals surface area contributed by atoms with E-state index in [2.05, 4.69) is 33.4 Å². The Labute approximate surface area is 260 Å². The van der Waals surface area contributed by atoms with Crippen LogP contribution in [0.4, 0.5) is 5.69 Å². The van der Waals surface area contributed by atoms with E-state index in [1.807, 2.05) is 12.1 Å². The van der Waals surface area contributed by atoms with Gasteiger partial charge in [0.15, 0.2) is 5.82 Å². The fourth-order valence-corrected chi connectivity index (χ4v) is 8.38. The third kappa shape index (κ3) is 4.58. The Balaban J connectivity index is 1.33. The third-order valence-corrected chi connectivity index (χ3v) is 11.3. The standard InChI is InChI=1S/C33H33ClN6O3S/c34-24-9-11-26(12-10-24)44(42,43)40-15-14-38-31-27(16-23(18-29(31)40)33(41)37-13-3-5-25(35)20-37)36-32(38)30-17-22-4-1-2-6-28(22)39(30)19-21-7-8-21/h1-2,4,6,9-12,16-18,21,25H,3,5,7-8,13-15,19-20,35H2/t25-/m1/s1. The summed E-state index contributed by atoms with van der Waals surface area (Å²) in [5.74, 6) is 1.27. The fraction of sp³-hybridized carbons (Fsp3) is 0.333. The Hall–Kier alpha value is -3.86. The summed E-state index contributed by atoms with van der Waals surface area (Å²) in [6, 6.07) is 20.2. The first-order valence-electron chi connectivity index (χ1n) is 15.2. The zero-order valence-corrected chi connectivity index (χ0v) is 25.8. The normalized spacial score (nSPS) is 18.8. The molecule has 2 fully saturated rings. The van der Waals surface area contributed by atoms with Gasteiger partial charge in [-0.05, 0) is 80.1 Å². The highest BCUT2D eigenvalue weighted by Gasteiger charge is 2.35. The number of hydrogen-bond acceptors (Lipinski definition) is 5. The lowest BCUT2D eigenvalue weighted by Gasteiger charge is -2.32. The molecule has 0 spiro atoms. The van der Waals surface area contributed by atoms with E-state index in [-0.39, 0.29) is 23.4 Å². The first-order chi connectivity index (χ1) is 21.3. The van der Waals surface area contributed by atoms with Gasteiger partial charge < -0.3 is 19.8 Å². The molecule has 0 unspecified atom stereocenters. The summed E-state index contributed by atoms with van der Waals surface area (Å²) < 4.78 is 34.1. The summed E-state index contributed by atoms with van der Waals surface area (Å²) >= 11 is 6.08. The van der Waals surface area contributed by atoms with Crippen molar-refractivity contribution >= 4 is 55.2 Å². The molecule has 9 nitrogen and oxygen atoms in total. The van der Waals surface area contributed by atoms with Gasteiger partial charge in [-0.2, -0.15) is 0 Å². The van der Waals surface area contributed by atoms with Crippen molar-refractivity contribution in [3.63, 3.8) is 0 Å². The van der Waals surface area contributed by atoms with Crippen LogP contribution < -0.4 is 10.0 Å². The molecule has 11 heteroatoms. The number of benzene rings is 3. The van der Waals surface area contributed by atoms with E-state index in [4.69, 9.17) is 22.3 Å². The van der Waals surface area contributed by atoms with Crippen LogP contribution in [0.3, 0.4) is 0 Å². The van der Waals surface area contributed by atoms with Crippen molar-refractivity contribution in [2.24, 2.45) is 11.7 Å². The molecule has 3 aromatic carbocycles. The number of para-hydroxylation sites is 1. The molecular formula is C33H33ClN6O3S. The molecule has 1 atom stereocenters. The number of likely N-dealkylation sites (tertiary alicyclic amines) is 1. The van der Waals surface area contributed by atoms with E-state index >= 15 is 0 Å². The lowest BCUT2D eigenvalue weighted by atomic mass is 10.0. The Morgan fingerprint density at radius 2 is 1.77 bits per heavy atom. The van der Waals surface area contributed by atoms with Crippen molar-refractivity contribution in [3.8, 4) is 11.5 Å². The summed E-state index contributed by atoms with van der Waals surface area (Å²) in [6.07, 6.45) is 4.15. The summed E-state index contributed by atoms with van der Waals surface area (Å²) in [6.45, 7) is 2.62. The van der Waals surface area contributed by atoms with E-state index in [0.717, 1.165) is 41.8 Å². The van der Waals surface area contributed by atoms with E-state index in [1.54, 1.807) is 23.1 Å². The number of sulfonamides is 1. The SMILES string of the molecule is N[C@@H]1CCCN(C(=O)c2cc3c4c(c2)nc(-c2cc5ccccc5n2CC2CC2)n4CCN3S(=O)(=O)c2ccc(Cl)cc2)C1. The number of amides is 1. The fourth-order valence-electron chi connectivity index (χ4n) is 6.80. The van der Waals surface area contributed by atoms with Gasteiger partial charge in [0.1, 0.15) is 0 Å².